The molecule has 0 heterocycles. The summed E-state index contributed by atoms with van der Waals surface area (Å²) in [6, 6.07) is 0. The summed E-state index contributed by atoms with van der Waals surface area (Å²) in [7, 11) is 0. The fraction of sp³-hybridized carbons (Fsp3) is 0.773. The van der Waals surface area contributed by atoms with Crippen LogP contribution in [0.25, 0.3) is 0 Å². The number of esters is 3. The lowest BCUT2D eigenvalue weighted by Gasteiger charge is -2.18. The maximum absolute atomic E-state index is 13.0. The van der Waals surface area contributed by atoms with Crippen LogP contribution in [0.2, 0.25) is 0 Å². The Balaban J connectivity index is 4.32. The second-order valence-electron chi connectivity index (χ2n) is 23.4. The Morgan fingerprint density at radius 1 is 0.259 bits per heavy atom. The highest BCUT2D eigenvalue weighted by Gasteiger charge is 2.19. The zero-order valence-corrected chi connectivity index (χ0v) is 53.8. The summed E-state index contributed by atoms with van der Waals surface area (Å²) in [5.74, 6) is -0.873. The van der Waals surface area contributed by atoms with E-state index in [0.29, 0.717) is 19.3 Å². The third-order valence-corrected chi connectivity index (χ3v) is 15.4. The quantitative estimate of drug-likeness (QED) is 0.0261. The molecule has 0 spiro atoms. The second kappa shape index (κ2) is 69.1. The summed E-state index contributed by atoms with van der Waals surface area (Å²) in [4.78, 5) is 38.5. The van der Waals surface area contributed by atoms with Gasteiger partial charge >= 0.3 is 17.9 Å². The molecular weight excluding hydrogens is 997 g/mol. The molecule has 0 aliphatic heterocycles. The summed E-state index contributed by atoms with van der Waals surface area (Å²) in [5, 5.41) is 0. The first-order valence-electron chi connectivity index (χ1n) is 35.1. The largest absolute Gasteiger partial charge is 0.462 e. The van der Waals surface area contributed by atoms with E-state index in [2.05, 4.69) is 106 Å². The molecule has 0 aromatic rings. The van der Waals surface area contributed by atoms with Crippen molar-refractivity contribution in [3.63, 3.8) is 0 Å². The molecule has 0 amide bonds. The molecule has 0 saturated heterocycles. The van der Waals surface area contributed by atoms with Gasteiger partial charge in [-0.15, -0.1) is 0 Å². The van der Waals surface area contributed by atoms with Crippen LogP contribution < -0.4 is 0 Å². The minimum absolute atomic E-state index is 0.0786. The molecule has 0 bridgehead atoms. The molecule has 468 valence electrons. The Bertz CT molecular complexity index is 1530. The van der Waals surface area contributed by atoms with E-state index in [9.17, 15) is 14.4 Å². The first kappa shape index (κ1) is 77.6. The van der Waals surface area contributed by atoms with Crippen molar-refractivity contribution < 1.29 is 28.6 Å². The molecule has 1 unspecified atom stereocenters. The number of hydrogen-bond acceptors (Lipinski definition) is 6. The van der Waals surface area contributed by atoms with Gasteiger partial charge in [0.1, 0.15) is 13.2 Å². The minimum atomic E-state index is -0.783. The van der Waals surface area contributed by atoms with Gasteiger partial charge in [-0.05, 0) is 116 Å². The third kappa shape index (κ3) is 67.3. The van der Waals surface area contributed by atoms with Crippen molar-refractivity contribution in [2.24, 2.45) is 0 Å². The van der Waals surface area contributed by atoms with Crippen LogP contribution in [0.1, 0.15) is 355 Å². The lowest BCUT2D eigenvalue weighted by atomic mass is 10.0. The van der Waals surface area contributed by atoms with Crippen LogP contribution in [0.4, 0.5) is 0 Å². The fourth-order valence-electron chi connectivity index (χ4n) is 10.1. The van der Waals surface area contributed by atoms with Crippen LogP contribution in [-0.4, -0.2) is 37.2 Å². The predicted molar refractivity (Wildman–Crippen MR) is 353 cm³/mol. The van der Waals surface area contributed by atoms with Crippen molar-refractivity contribution in [1.82, 2.24) is 0 Å². The lowest BCUT2D eigenvalue weighted by molar-refractivity contribution is -0.167. The number of carbonyl (C=O) groups is 3. The highest BCUT2D eigenvalue weighted by Crippen LogP contribution is 2.17. The molecule has 0 fully saturated rings. The van der Waals surface area contributed by atoms with E-state index < -0.39 is 6.10 Å². The lowest BCUT2D eigenvalue weighted by Crippen LogP contribution is -2.30. The summed E-state index contributed by atoms with van der Waals surface area (Å²) in [6.07, 6.45) is 91.7. The van der Waals surface area contributed by atoms with Crippen molar-refractivity contribution in [3.8, 4) is 0 Å². The molecular formula is C75H132O6. The fourth-order valence-corrected chi connectivity index (χ4v) is 10.1. The van der Waals surface area contributed by atoms with E-state index >= 15 is 0 Å². The summed E-state index contributed by atoms with van der Waals surface area (Å²) >= 11 is 0. The topological polar surface area (TPSA) is 78.9 Å². The highest BCUT2D eigenvalue weighted by molar-refractivity contribution is 5.71. The Kier molecular flexibility index (Phi) is 66.2. The van der Waals surface area contributed by atoms with Gasteiger partial charge < -0.3 is 14.2 Å². The van der Waals surface area contributed by atoms with Gasteiger partial charge in [0.25, 0.3) is 0 Å². The van der Waals surface area contributed by atoms with E-state index in [-0.39, 0.29) is 31.1 Å². The van der Waals surface area contributed by atoms with Gasteiger partial charge in [0.2, 0.25) is 0 Å². The molecule has 0 radical (unpaired) electrons. The number of carbonyl (C=O) groups excluding carboxylic acids is 3. The van der Waals surface area contributed by atoms with Crippen molar-refractivity contribution in [2.45, 2.75) is 361 Å². The number of hydrogen-bond donors (Lipinski definition) is 0. The van der Waals surface area contributed by atoms with Crippen LogP contribution in [0.5, 0.6) is 0 Å². The number of ether oxygens (including phenoxy) is 3. The zero-order valence-electron chi connectivity index (χ0n) is 53.8. The Hall–Kier alpha value is -3.41. The van der Waals surface area contributed by atoms with E-state index in [1.165, 1.54) is 218 Å². The van der Waals surface area contributed by atoms with Gasteiger partial charge in [0, 0.05) is 19.3 Å². The number of unbranched alkanes of at least 4 members (excludes halogenated alkanes) is 39. The molecule has 0 N–H and O–H groups in total. The first-order chi connectivity index (χ1) is 40.0. The first-order valence-corrected chi connectivity index (χ1v) is 35.1. The molecule has 0 saturated carbocycles. The average Bonchev–Trinajstić information content (AvgIpc) is 3.47. The maximum Gasteiger partial charge on any atom is 0.306 e. The molecule has 0 aliphatic carbocycles. The summed E-state index contributed by atoms with van der Waals surface area (Å²) < 4.78 is 17.0. The predicted octanol–water partition coefficient (Wildman–Crippen LogP) is 24.2. The summed E-state index contributed by atoms with van der Waals surface area (Å²) in [5.41, 5.74) is 0. The third-order valence-electron chi connectivity index (χ3n) is 15.4. The van der Waals surface area contributed by atoms with E-state index in [1.54, 1.807) is 0 Å². The molecule has 81 heavy (non-hydrogen) atoms. The van der Waals surface area contributed by atoms with Crippen LogP contribution >= 0.6 is 0 Å². The normalized spacial score (nSPS) is 12.6. The smallest absolute Gasteiger partial charge is 0.306 e. The van der Waals surface area contributed by atoms with Gasteiger partial charge in [0.15, 0.2) is 6.10 Å². The zero-order chi connectivity index (χ0) is 58.5. The number of allylic oxidation sites excluding steroid dienone is 14. The van der Waals surface area contributed by atoms with Crippen molar-refractivity contribution in [1.29, 1.82) is 0 Å². The molecule has 1 atom stereocenters. The molecule has 6 nitrogen and oxygen atoms in total. The Morgan fingerprint density at radius 3 is 0.765 bits per heavy atom. The molecule has 6 heteroatoms. The van der Waals surface area contributed by atoms with Gasteiger partial charge in [-0.25, -0.2) is 0 Å². The van der Waals surface area contributed by atoms with Gasteiger partial charge in [-0.2, -0.15) is 0 Å². The van der Waals surface area contributed by atoms with Crippen molar-refractivity contribution in [2.75, 3.05) is 13.2 Å². The van der Waals surface area contributed by atoms with Crippen molar-refractivity contribution >= 4 is 17.9 Å². The second-order valence-corrected chi connectivity index (χ2v) is 23.4. The van der Waals surface area contributed by atoms with Crippen LogP contribution in [-0.2, 0) is 28.6 Å². The Labute approximate surface area is 503 Å². The van der Waals surface area contributed by atoms with E-state index in [4.69, 9.17) is 14.2 Å². The number of rotatable bonds is 64. The minimum Gasteiger partial charge on any atom is -0.462 e. The van der Waals surface area contributed by atoms with Gasteiger partial charge in [-0.1, -0.05) is 305 Å². The van der Waals surface area contributed by atoms with E-state index in [1.807, 2.05) is 0 Å². The molecule has 0 aliphatic rings. The van der Waals surface area contributed by atoms with Gasteiger partial charge in [0.05, 0.1) is 0 Å². The van der Waals surface area contributed by atoms with Crippen molar-refractivity contribution in [3.05, 3.63) is 85.1 Å². The summed E-state index contributed by atoms with van der Waals surface area (Å²) in [6.45, 7) is 6.55. The van der Waals surface area contributed by atoms with Crippen LogP contribution in [0, 0.1) is 0 Å². The molecule has 0 aromatic heterocycles. The maximum atomic E-state index is 13.0. The average molecular weight is 1130 g/mol. The SMILES string of the molecule is CC/C=C\C/C=C\C/C=C\C/C=C\CCCCCCCCCCCCCCC(=O)OCC(COC(=O)CCCCCCC/C=C\CCCCCCCC)OC(=O)CCCCCCCCCCCCC/C=C\C/C=C\CCCCCCC. The molecule has 0 aromatic carbocycles. The Morgan fingerprint density at radius 2 is 0.481 bits per heavy atom. The highest BCUT2D eigenvalue weighted by atomic mass is 16.6. The monoisotopic (exact) mass is 1130 g/mol. The van der Waals surface area contributed by atoms with Crippen LogP contribution in [0.3, 0.4) is 0 Å². The standard InChI is InChI=1S/C75H132O6/c1-4-7-10-13-16-19-22-25-28-30-32-34-36-37-39-40-42-44-47-50-53-56-59-62-65-68-74(77)80-71-72(70-79-73(76)67-64-61-58-55-52-49-46-27-24-21-18-15-12-9-6-3)81-75(78)69-66-63-60-57-54-51-48-45-43-41-38-35-33-31-29-26-23-20-17-14-11-8-5-2/h7,10,16,19,23,25-28,31-34,46,72H,4-6,8-9,11-15,17-18,20-22,24,29-30,35-45,47-71H2,1-3H3/b10-7-,19-16-,26-23-,28-25-,33-31-,34-32-,46-27-. The van der Waals surface area contributed by atoms with Crippen LogP contribution in [0.15, 0.2) is 85.1 Å². The molecule has 0 rings (SSSR count). The van der Waals surface area contributed by atoms with Gasteiger partial charge in [-0.3, -0.25) is 14.4 Å². The van der Waals surface area contributed by atoms with E-state index in [0.717, 1.165) is 96.3 Å².